The van der Waals surface area contributed by atoms with Crippen LogP contribution in [0.3, 0.4) is 0 Å². The SMILES string of the molecule is Cc1ccc2[nH]c(-c3cccc(OCCCCCCCOc4cccc(-c5nc6cc(C)ccc6[nH]5)c4)c3)nc2c1. The van der Waals surface area contributed by atoms with Gasteiger partial charge in [0.15, 0.2) is 0 Å². The number of ether oxygens (including phenoxy) is 2. The Labute approximate surface area is 240 Å². The third kappa shape index (κ3) is 6.60. The van der Waals surface area contributed by atoms with Gasteiger partial charge in [-0.05, 0) is 86.3 Å². The van der Waals surface area contributed by atoms with Gasteiger partial charge < -0.3 is 19.4 Å². The minimum atomic E-state index is 0.716. The number of hydrogen-bond donors (Lipinski definition) is 2. The molecular formula is C35H36N4O2. The quantitative estimate of drug-likeness (QED) is 0.151. The molecule has 2 aromatic heterocycles. The summed E-state index contributed by atoms with van der Waals surface area (Å²) in [7, 11) is 0. The number of nitrogens with one attached hydrogen (secondary N) is 2. The van der Waals surface area contributed by atoms with Crippen LogP contribution < -0.4 is 9.47 Å². The Morgan fingerprint density at radius 2 is 1.00 bits per heavy atom. The maximum absolute atomic E-state index is 6.05. The Morgan fingerprint density at radius 1 is 0.537 bits per heavy atom. The van der Waals surface area contributed by atoms with Crippen LogP contribution in [-0.2, 0) is 0 Å². The number of rotatable bonds is 12. The smallest absolute Gasteiger partial charge is 0.138 e. The standard InChI is InChI=1S/C35H36N4O2/c1-24-14-16-30-32(20-24)38-34(36-30)26-10-8-12-28(22-26)40-18-6-4-3-5-7-19-41-29-13-9-11-27(23-29)35-37-31-17-15-25(2)21-33(31)39-35/h8-17,20-23H,3-7,18-19H2,1-2H3,(H,36,38)(H,37,39). The molecule has 4 aromatic carbocycles. The van der Waals surface area contributed by atoms with E-state index in [1.165, 1.54) is 17.5 Å². The average molecular weight is 545 g/mol. The monoisotopic (exact) mass is 544 g/mol. The second-order valence-electron chi connectivity index (χ2n) is 10.7. The zero-order chi connectivity index (χ0) is 28.0. The van der Waals surface area contributed by atoms with E-state index < -0.39 is 0 Å². The fourth-order valence-electron chi connectivity index (χ4n) is 5.09. The minimum Gasteiger partial charge on any atom is -0.494 e. The van der Waals surface area contributed by atoms with E-state index in [2.05, 4.69) is 84.5 Å². The van der Waals surface area contributed by atoms with Gasteiger partial charge in [-0.3, -0.25) is 0 Å². The molecule has 208 valence electrons. The molecular weight excluding hydrogens is 508 g/mol. The summed E-state index contributed by atoms with van der Waals surface area (Å²) in [6.45, 7) is 5.60. The van der Waals surface area contributed by atoms with Crippen LogP contribution in [0.4, 0.5) is 0 Å². The summed E-state index contributed by atoms with van der Waals surface area (Å²) in [5.74, 6) is 3.50. The van der Waals surface area contributed by atoms with Crippen LogP contribution in [0, 0.1) is 13.8 Å². The van der Waals surface area contributed by atoms with Gasteiger partial charge in [0.25, 0.3) is 0 Å². The zero-order valence-electron chi connectivity index (χ0n) is 23.7. The second kappa shape index (κ2) is 12.3. The fourth-order valence-corrected chi connectivity index (χ4v) is 5.09. The molecule has 0 bridgehead atoms. The maximum Gasteiger partial charge on any atom is 0.138 e. The molecule has 0 saturated heterocycles. The molecule has 6 aromatic rings. The molecule has 0 saturated carbocycles. The van der Waals surface area contributed by atoms with Gasteiger partial charge in [-0.15, -0.1) is 0 Å². The van der Waals surface area contributed by atoms with Crippen molar-refractivity contribution in [2.24, 2.45) is 0 Å². The molecule has 6 rings (SSSR count). The van der Waals surface area contributed by atoms with Crippen molar-refractivity contribution in [2.75, 3.05) is 13.2 Å². The first-order chi connectivity index (χ1) is 20.1. The first-order valence-corrected chi connectivity index (χ1v) is 14.5. The highest BCUT2D eigenvalue weighted by molar-refractivity contribution is 5.81. The number of nitrogens with zero attached hydrogens (tertiary/aromatic N) is 2. The molecule has 0 aliphatic rings. The normalized spacial score (nSPS) is 11.4. The van der Waals surface area contributed by atoms with E-state index in [9.17, 15) is 0 Å². The van der Waals surface area contributed by atoms with Gasteiger partial charge in [0.1, 0.15) is 23.1 Å². The summed E-state index contributed by atoms with van der Waals surface area (Å²) in [5, 5.41) is 0. The lowest BCUT2D eigenvalue weighted by Gasteiger charge is -2.08. The van der Waals surface area contributed by atoms with E-state index in [1.54, 1.807) is 0 Å². The minimum absolute atomic E-state index is 0.716. The van der Waals surface area contributed by atoms with Crippen molar-refractivity contribution in [3.05, 3.63) is 96.1 Å². The Hall–Kier alpha value is -4.58. The van der Waals surface area contributed by atoms with Crippen molar-refractivity contribution in [3.63, 3.8) is 0 Å². The van der Waals surface area contributed by atoms with Crippen LogP contribution in [0.15, 0.2) is 84.9 Å². The molecule has 0 fully saturated rings. The topological polar surface area (TPSA) is 75.8 Å². The van der Waals surface area contributed by atoms with Gasteiger partial charge in [-0.2, -0.15) is 0 Å². The highest BCUT2D eigenvalue weighted by Gasteiger charge is 2.08. The maximum atomic E-state index is 6.05. The molecule has 0 unspecified atom stereocenters. The molecule has 0 spiro atoms. The van der Waals surface area contributed by atoms with Crippen molar-refractivity contribution in [2.45, 2.75) is 46.0 Å². The number of unbranched alkanes of at least 4 members (excludes halogenated alkanes) is 4. The summed E-state index contributed by atoms with van der Waals surface area (Å²) in [5.41, 5.74) is 8.57. The lowest BCUT2D eigenvalue weighted by atomic mass is 10.1. The predicted octanol–water partition coefficient (Wildman–Crippen LogP) is 8.80. The van der Waals surface area contributed by atoms with Crippen LogP contribution in [0.25, 0.3) is 44.8 Å². The first-order valence-electron chi connectivity index (χ1n) is 14.5. The average Bonchev–Trinajstić information content (AvgIpc) is 3.60. The summed E-state index contributed by atoms with van der Waals surface area (Å²) in [6, 6.07) is 28.9. The van der Waals surface area contributed by atoms with Gasteiger partial charge in [0.2, 0.25) is 0 Å². The van der Waals surface area contributed by atoms with E-state index in [4.69, 9.17) is 19.4 Å². The van der Waals surface area contributed by atoms with Gasteiger partial charge in [-0.1, -0.05) is 55.7 Å². The Kier molecular flexibility index (Phi) is 7.99. The first kappa shape index (κ1) is 26.6. The highest BCUT2D eigenvalue weighted by Crippen LogP contribution is 2.26. The van der Waals surface area contributed by atoms with Crippen molar-refractivity contribution >= 4 is 22.1 Å². The number of hydrogen-bond acceptors (Lipinski definition) is 4. The largest absolute Gasteiger partial charge is 0.494 e. The molecule has 0 aliphatic carbocycles. The summed E-state index contributed by atoms with van der Waals surface area (Å²) in [4.78, 5) is 16.3. The van der Waals surface area contributed by atoms with Crippen LogP contribution in [0.1, 0.15) is 43.2 Å². The highest BCUT2D eigenvalue weighted by atomic mass is 16.5. The lowest BCUT2D eigenvalue weighted by molar-refractivity contribution is 0.293. The van der Waals surface area contributed by atoms with Crippen molar-refractivity contribution in [3.8, 4) is 34.3 Å². The van der Waals surface area contributed by atoms with Crippen LogP contribution >= 0.6 is 0 Å². The fraction of sp³-hybridized carbons (Fsp3) is 0.257. The molecule has 41 heavy (non-hydrogen) atoms. The second-order valence-corrected chi connectivity index (χ2v) is 10.7. The molecule has 0 atom stereocenters. The Morgan fingerprint density at radius 3 is 1.49 bits per heavy atom. The van der Waals surface area contributed by atoms with Gasteiger partial charge in [-0.25, -0.2) is 9.97 Å². The molecule has 6 heteroatoms. The lowest BCUT2D eigenvalue weighted by Crippen LogP contribution is -1.99. The van der Waals surface area contributed by atoms with E-state index in [1.807, 2.05) is 24.3 Å². The molecule has 2 N–H and O–H groups in total. The number of H-pyrrole nitrogens is 2. The van der Waals surface area contributed by atoms with Crippen molar-refractivity contribution in [1.29, 1.82) is 0 Å². The summed E-state index contributed by atoms with van der Waals surface area (Å²) >= 11 is 0. The summed E-state index contributed by atoms with van der Waals surface area (Å²) in [6.07, 6.45) is 5.53. The third-order valence-electron chi connectivity index (χ3n) is 7.32. The van der Waals surface area contributed by atoms with E-state index in [0.29, 0.717) is 13.2 Å². The Balaban J connectivity index is 0.898. The van der Waals surface area contributed by atoms with Crippen LogP contribution in [-0.4, -0.2) is 33.1 Å². The predicted molar refractivity (Wildman–Crippen MR) is 167 cm³/mol. The van der Waals surface area contributed by atoms with Crippen molar-refractivity contribution in [1.82, 2.24) is 19.9 Å². The van der Waals surface area contributed by atoms with Gasteiger partial charge in [0.05, 0.1) is 35.3 Å². The number of aromatic amines is 2. The number of aryl methyl sites for hydroxylation is 2. The zero-order valence-corrected chi connectivity index (χ0v) is 23.7. The number of benzene rings is 4. The number of imidazole rings is 2. The van der Waals surface area contributed by atoms with E-state index in [-0.39, 0.29) is 0 Å². The van der Waals surface area contributed by atoms with E-state index in [0.717, 1.165) is 82.0 Å². The number of fused-ring (bicyclic) bond motifs is 2. The molecule has 0 radical (unpaired) electrons. The van der Waals surface area contributed by atoms with Gasteiger partial charge >= 0.3 is 0 Å². The third-order valence-corrected chi connectivity index (χ3v) is 7.32. The molecule has 0 amide bonds. The van der Waals surface area contributed by atoms with E-state index >= 15 is 0 Å². The number of aromatic nitrogens is 4. The molecule has 6 nitrogen and oxygen atoms in total. The van der Waals surface area contributed by atoms with Crippen LogP contribution in [0.2, 0.25) is 0 Å². The Bertz CT molecular complexity index is 1640. The van der Waals surface area contributed by atoms with Gasteiger partial charge in [0, 0.05) is 11.1 Å². The molecule has 0 aliphatic heterocycles. The molecule has 2 heterocycles. The van der Waals surface area contributed by atoms with Crippen LogP contribution in [0.5, 0.6) is 11.5 Å². The van der Waals surface area contributed by atoms with Crippen molar-refractivity contribution < 1.29 is 9.47 Å². The summed E-state index contributed by atoms with van der Waals surface area (Å²) < 4.78 is 12.1.